The molecular formula is C21H29O6P. The van der Waals surface area contributed by atoms with Crippen LogP contribution in [0.4, 0.5) is 0 Å². The SMILES string of the molecule is COc1cccc(OC)c1C(=O)C1(C(C)(P=O)C(=O)OCC(C)C)CCCC1. The topological polar surface area (TPSA) is 78.9 Å². The third kappa shape index (κ3) is 3.80. The molecule has 154 valence electrons. The average molecular weight is 408 g/mol. The van der Waals surface area contributed by atoms with Crippen molar-refractivity contribution in [1.29, 1.82) is 0 Å². The van der Waals surface area contributed by atoms with Crippen molar-refractivity contribution in [3.05, 3.63) is 23.8 Å². The molecule has 1 saturated carbocycles. The fourth-order valence-electron chi connectivity index (χ4n) is 3.93. The van der Waals surface area contributed by atoms with E-state index in [2.05, 4.69) is 0 Å². The van der Waals surface area contributed by atoms with Crippen LogP contribution in [0, 0.1) is 11.3 Å². The van der Waals surface area contributed by atoms with Gasteiger partial charge in [0, 0.05) is 0 Å². The molecular weight excluding hydrogens is 379 g/mol. The van der Waals surface area contributed by atoms with Crippen molar-refractivity contribution in [1.82, 2.24) is 0 Å². The molecule has 1 aliphatic rings. The van der Waals surface area contributed by atoms with Crippen LogP contribution in [-0.4, -0.2) is 37.7 Å². The normalized spacial score (nSPS) is 17.9. The van der Waals surface area contributed by atoms with Crippen molar-refractivity contribution in [2.75, 3.05) is 20.8 Å². The number of esters is 1. The van der Waals surface area contributed by atoms with Gasteiger partial charge in [-0.25, -0.2) is 0 Å². The van der Waals surface area contributed by atoms with Gasteiger partial charge in [-0.2, -0.15) is 0 Å². The van der Waals surface area contributed by atoms with Gasteiger partial charge in [0.25, 0.3) is 0 Å². The van der Waals surface area contributed by atoms with Crippen molar-refractivity contribution in [2.24, 2.45) is 11.3 Å². The summed E-state index contributed by atoms with van der Waals surface area (Å²) >= 11 is 0. The first kappa shape index (κ1) is 22.4. The number of ketones is 1. The van der Waals surface area contributed by atoms with Crippen LogP contribution in [0.1, 0.15) is 56.8 Å². The number of hydrogen-bond donors (Lipinski definition) is 0. The van der Waals surface area contributed by atoms with Gasteiger partial charge in [0.1, 0.15) is 17.1 Å². The zero-order valence-corrected chi connectivity index (χ0v) is 18.1. The molecule has 0 bridgehead atoms. The molecule has 0 radical (unpaired) electrons. The van der Waals surface area contributed by atoms with E-state index in [1.165, 1.54) is 14.2 Å². The highest BCUT2D eigenvalue weighted by molar-refractivity contribution is 7.28. The third-order valence-corrected chi connectivity index (χ3v) is 6.58. The molecule has 0 aliphatic heterocycles. The molecule has 0 saturated heterocycles. The van der Waals surface area contributed by atoms with E-state index in [9.17, 15) is 14.2 Å². The summed E-state index contributed by atoms with van der Waals surface area (Å²) in [7, 11) is 2.54. The van der Waals surface area contributed by atoms with Gasteiger partial charge < -0.3 is 14.2 Å². The predicted octanol–water partition coefficient (Wildman–Crippen LogP) is 4.70. The molecule has 1 fully saturated rings. The van der Waals surface area contributed by atoms with Crippen LogP contribution in [0.2, 0.25) is 0 Å². The highest BCUT2D eigenvalue weighted by Crippen LogP contribution is 2.56. The Balaban J connectivity index is 2.58. The molecule has 0 N–H and O–H groups in total. The first-order chi connectivity index (χ1) is 13.3. The number of benzene rings is 1. The van der Waals surface area contributed by atoms with Gasteiger partial charge in [-0.3, -0.25) is 14.2 Å². The number of Topliss-reactive ketones (excluding diaryl/α,β-unsaturated/α-hetero) is 1. The fourth-order valence-corrected chi connectivity index (χ4v) is 4.57. The summed E-state index contributed by atoms with van der Waals surface area (Å²) in [4.78, 5) is 26.9. The molecule has 2 rings (SSSR count). The molecule has 1 atom stereocenters. The first-order valence-corrected chi connectivity index (χ1v) is 10.4. The lowest BCUT2D eigenvalue weighted by Crippen LogP contribution is -2.52. The van der Waals surface area contributed by atoms with Crippen molar-refractivity contribution in [3.8, 4) is 11.5 Å². The van der Waals surface area contributed by atoms with Gasteiger partial charge in [-0.1, -0.05) is 32.8 Å². The third-order valence-electron chi connectivity index (χ3n) is 5.61. The molecule has 28 heavy (non-hydrogen) atoms. The highest BCUT2D eigenvalue weighted by Gasteiger charge is 2.61. The van der Waals surface area contributed by atoms with Crippen molar-refractivity contribution >= 4 is 20.2 Å². The maximum absolute atomic E-state index is 13.9. The van der Waals surface area contributed by atoms with E-state index < -0.39 is 25.0 Å². The van der Waals surface area contributed by atoms with Gasteiger partial charge in [0.15, 0.2) is 19.4 Å². The van der Waals surface area contributed by atoms with E-state index in [0.29, 0.717) is 24.3 Å². The standard InChI is InChI=1S/C21H29O6P/c1-14(2)13-27-19(23)20(3,28-24)21(11-6-7-12-21)18(22)17-15(25-4)9-8-10-16(17)26-5/h8-10,14H,6-7,11-13H2,1-5H3. The zero-order chi connectivity index (χ0) is 20.9. The van der Waals surface area contributed by atoms with Crippen molar-refractivity contribution in [2.45, 2.75) is 51.6 Å². The van der Waals surface area contributed by atoms with Crippen molar-refractivity contribution in [3.63, 3.8) is 0 Å². The summed E-state index contributed by atoms with van der Waals surface area (Å²) in [5.41, 5.74) is -0.868. The Hall–Kier alpha value is -1.94. The summed E-state index contributed by atoms with van der Waals surface area (Å²) < 4.78 is 28.6. The van der Waals surface area contributed by atoms with Crippen LogP contribution in [0.15, 0.2) is 18.2 Å². The zero-order valence-electron chi connectivity index (χ0n) is 17.2. The van der Waals surface area contributed by atoms with Gasteiger partial charge in [0.2, 0.25) is 0 Å². The Morgan fingerprint density at radius 3 is 2.11 bits per heavy atom. The second-order valence-corrected chi connectivity index (χ2v) is 8.89. The maximum atomic E-state index is 13.9. The lowest BCUT2D eigenvalue weighted by atomic mass is 9.68. The Morgan fingerprint density at radius 2 is 1.68 bits per heavy atom. The van der Waals surface area contributed by atoms with E-state index in [-0.39, 0.29) is 23.9 Å². The van der Waals surface area contributed by atoms with Crippen LogP contribution in [0.3, 0.4) is 0 Å². The Morgan fingerprint density at radius 1 is 1.14 bits per heavy atom. The fraction of sp³-hybridized carbons (Fsp3) is 0.619. The number of carbonyl (C=O) groups excluding carboxylic acids is 2. The van der Waals surface area contributed by atoms with Gasteiger partial charge in [0.05, 0.1) is 26.2 Å². The highest BCUT2D eigenvalue weighted by atomic mass is 31.1. The van der Waals surface area contributed by atoms with E-state index in [0.717, 1.165) is 12.8 Å². The van der Waals surface area contributed by atoms with E-state index in [1.54, 1.807) is 25.1 Å². The van der Waals surface area contributed by atoms with Crippen LogP contribution < -0.4 is 9.47 Å². The molecule has 7 heteroatoms. The molecule has 1 unspecified atom stereocenters. The second-order valence-electron chi connectivity index (χ2n) is 7.81. The molecule has 1 aromatic rings. The molecule has 0 amide bonds. The lowest BCUT2D eigenvalue weighted by Gasteiger charge is -2.39. The number of hydrogen-bond acceptors (Lipinski definition) is 6. The number of carbonyl (C=O) groups is 2. The Labute approximate surface area is 168 Å². The average Bonchev–Trinajstić information content (AvgIpc) is 3.21. The predicted molar refractivity (Wildman–Crippen MR) is 107 cm³/mol. The van der Waals surface area contributed by atoms with Crippen LogP contribution in [0.5, 0.6) is 11.5 Å². The van der Waals surface area contributed by atoms with E-state index in [1.807, 2.05) is 13.8 Å². The van der Waals surface area contributed by atoms with Crippen LogP contribution in [-0.2, 0) is 14.1 Å². The van der Waals surface area contributed by atoms with Gasteiger partial charge >= 0.3 is 5.97 Å². The number of rotatable bonds is 9. The Kier molecular flexibility index (Phi) is 7.22. The minimum Gasteiger partial charge on any atom is -0.496 e. The second kappa shape index (κ2) is 9.04. The Bertz CT molecular complexity index is 716. The van der Waals surface area contributed by atoms with Gasteiger partial charge in [-0.05, 0) is 37.8 Å². The summed E-state index contributed by atoms with van der Waals surface area (Å²) in [5, 5.41) is -1.48. The molecule has 0 spiro atoms. The smallest absolute Gasteiger partial charge is 0.324 e. The largest absolute Gasteiger partial charge is 0.496 e. The lowest BCUT2D eigenvalue weighted by molar-refractivity contribution is -0.150. The number of ether oxygens (including phenoxy) is 3. The maximum Gasteiger partial charge on any atom is 0.324 e. The quantitative estimate of drug-likeness (QED) is 0.335. The summed E-state index contributed by atoms with van der Waals surface area (Å²) in [6.45, 7) is 5.63. The number of methoxy groups -OCH3 is 2. The molecule has 0 aromatic heterocycles. The summed E-state index contributed by atoms with van der Waals surface area (Å²) in [6, 6.07) is 5.10. The van der Waals surface area contributed by atoms with Crippen LogP contribution in [0.25, 0.3) is 0 Å². The van der Waals surface area contributed by atoms with E-state index >= 15 is 0 Å². The minimum absolute atomic E-state index is 0.140. The first-order valence-electron chi connectivity index (χ1n) is 9.55. The van der Waals surface area contributed by atoms with Gasteiger partial charge in [-0.15, -0.1) is 0 Å². The molecule has 0 heterocycles. The monoisotopic (exact) mass is 408 g/mol. The molecule has 1 aliphatic carbocycles. The van der Waals surface area contributed by atoms with Crippen LogP contribution >= 0.6 is 8.46 Å². The molecule has 1 aromatic carbocycles. The minimum atomic E-state index is -1.48. The van der Waals surface area contributed by atoms with Crippen molar-refractivity contribution < 1.29 is 28.4 Å². The van der Waals surface area contributed by atoms with E-state index in [4.69, 9.17) is 14.2 Å². The summed E-state index contributed by atoms with van der Waals surface area (Å²) in [6.07, 6.45) is 2.45. The molecule has 6 nitrogen and oxygen atoms in total. The summed E-state index contributed by atoms with van der Waals surface area (Å²) in [5.74, 6) is -0.0122.